The van der Waals surface area contributed by atoms with Crippen molar-refractivity contribution >= 4 is 39.3 Å². The SMILES string of the molecule is CCOCn1c(-c2ccc(Cl)cc2)c(C#N)c(Br)c1C(F)(F)F.O=C1COC(=O)C1. The molecule has 0 radical (unpaired) electrons. The number of cyclic esters (lactones) is 1. The quantitative estimate of drug-likeness (QED) is 0.432. The summed E-state index contributed by atoms with van der Waals surface area (Å²) in [6, 6.07) is 8.06. The van der Waals surface area contributed by atoms with E-state index in [9.17, 15) is 28.0 Å². The van der Waals surface area contributed by atoms with Crippen LogP contribution in [0.3, 0.4) is 0 Å². The van der Waals surface area contributed by atoms with Crippen molar-refractivity contribution in [2.24, 2.45) is 0 Å². The number of nitrogens with zero attached hydrogens (tertiary/aromatic N) is 2. The maximum absolute atomic E-state index is 13.4. The number of halogens is 5. The number of hydrogen-bond acceptors (Lipinski definition) is 5. The molecule has 30 heavy (non-hydrogen) atoms. The third kappa shape index (κ3) is 5.62. The number of Topliss-reactive ketones (excluding diaryl/α,β-unsaturated/α-hetero) is 1. The van der Waals surface area contributed by atoms with Gasteiger partial charge in [0.05, 0.1) is 15.7 Å². The van der Waals surface area contributed by atoms with Crippen molar-refractivity contribution in [3.63, 3.8) is 0 Å². The van der Waals surface area contributed by atoms with Crippen LogP contribution in [-0.2, 0) is 32.0 Å². The van der Waals surface area contributed by atoms with E-state index in [1.54, 1.807) is 31.2 Å². The van der Waals surface area contributed by atoms with Crippen molar-refractivity contribution in [3.8, 4) is 17.3 Å². The first-order chi connectivity index (χ1) is 14.1. The molecule has 1 saturated heterocycles. The Bertz CT molecular complexity index is 968. The van der Waals surface area contributed by atoms with E-state index in [0.717, 1.165) is 4.57 Å². The zero-order chi connectivity index (χ0) is 22.5. The average molecular weight is 508 g/mol. The molecule has 2 heterocycles. The molecule has 0 atom stereocenters. The number of benzene rings is 1. The Kier molecular flexibility index (Phi) is 8.06. The van der Waals surface area contributed by atoms with Gasteiger partial charge in [0.25, 0.3) is 0 Å². The van der Waals surface area contributed by atoms with Gasteiger partial charge in [-0.3, -0.25) is 9.59 Å². The molecule has 1 aromatic carbocycles. The number of nitriles is 1. The molecule has 1 aromatic heterocycles. The van der Waals surface area contributed by atoms with Crippen LogP contribution in [0, 0.1) is 11.3 Å². The molecule has 1 aliphatic rings. The molecule has 0 spiro atoms. The van der Waals surface area contributed by atoms with E-state index >= 15 is 0 Å². The molecule has 11 heteroatoms. The van der Waals surface area contributed by atoms with Crippen molar-refractivity contribution in [1.29, 1.82) is 5.26 Å². The van der Waals surface area contributed by atoms with E-state index in [-0.39, 0.29) is 47.9 Å². The van der Waals surface area contributed by atoms with Gasteiger partial charge in [-0.15, -0.1) is 0 Å². The first kappa shape index (κ1) is 23.9. The summed E-state index contributed by atoms with van der Waals surface area (Å²) in [5, 5.41) is 9.77. The molecule has 1 fully saturated rings. The van der Waals surface area contributed by atoms with Crippen molar-refractivity contribution in [1.82, 2.24) is 4.57 Å². The van der Waals surface area contributed by atoms with Gasteiger partial charge in [-0.05, 0) is 40.5 Å². The minimum Gasteiger partial charge on any atom is -0.457 e. The second kappa shape index (κ2) is 10.1. The monoisotopic (exact) mass is 506 g/mol. The van der Waals surface area contributed by atoms with E-state index in [1.807, 2.05) is 6.07 Å². The molecule has 0 saturated carbocycles. The topological polar surface area (TPSA) is 81.3 Å². The third-order valence-corrected chi connectivity index (χ3v) is 4.89. The van der Waals surface area contributed by atoms with Crippen LogP contribution in [-0.4, -0.2) is 29.5 Å². The molecule has 0 aliphatic carbocycles. The number of alkyl halides is 3. The van der Waals surface area contributed by atoms with E-state index in [0.29, 0.717) is 10.6 Å². The van der Waals surface area contributed by atoms with Crippen molar-refractivity contribution in [2.45, 2.75) is 26.3 Å². The summed E-state index contributed by atoms with van der Waals surface area (Å²) in [4.78, 5) is 20.1. The average Bonchev–Trinajstić information content (AvgIpc) is 3.19. The lowest BCUT2D eigenvalue weighted by atomic mass is 10.1. The number of carbonyl (C=O) groups is 2. The molecule has 0 N–H and O–H groups in total. The van der Waals surface area contributed by atoms with Crippen LogP contribution in [0.2, 0.25) is 5.02 Å². The molecule has 160 valence electrons. The molecular formula is C19H15BrClF3N2O4. The van der Waals surface area contributed by atoms with Gasteiger partial charge in [0.2, 0.25) is 0 Å². The number of aromatic nitrogens is 1. The fraction of sp³-hybridized carbons (Fsp3) is 0.316. The highest BCUT2D eigenvalue weighted by Crippen LogP contribution is 2.43. The second-order valence-electron chi connectivity index (χ2n) is 5.93. The summed E-state index contributed by atoms with van der Waals surface area (Å²) in [6.07, 6.45) is -4.66. The molecular weight excluding hydrogens is 493 g/mol. The highest BCUT2D eigenvalue weighted by molar-refractivity contribution is 9.10. The zero-order valence-corrected chi connectivity index (χ0v) is 17.9. The van der Waals surface area contributed by atoms with Crippen LogP contribution < -0.4 is 0 Å². The van der Waals surface area contributed by atoms with Crippen LogP contribution in [0.25, 0.3) is 11.3 Å². The van der Waals surface area contributed by atoms with Crippen LogP contribution >= 0.6 is 27.5 Å². The summed E-state index contributed by atoms with van der Waals surface area (Å²) in [7, 11) is 0. The van der Waals surface area contributed by atoms with Crippen LogP contribution in [0.15, 0.2) is 28.7 Å². The Morgan fingerprint density at radius 1 is 1.30 bits per heavy atom. The maximum Gasteiger partial charge on any atom is 0.432 e. The minimum atomic E-state index is -4.63. The van der Waals surface area contributed by atoms with Crippen molar-refractivity contribution < 1.29 is 32.2 Å². The van der Waals surface area contributed by atoms with Crippen LogP contribution in [0.4, 0.5) is 13.2 Å². The second-order valence-corrected chi connectivity index (χ2v) is 7.16. The molecule has 6 nitrogen and oxygen atoms in total. The van der Waals surface area contributed by atoms with Gasteiger partial charge < -0.3 is 14.0 Å². The lowest BCUT2D eigenvalue weighted by Gasteiger charge is -2.15. The molecule has 3 rings (SSSR count). The highest BCUT2D eigenvalue weighted by Gasteiger charge is 2.40. The van der Waals surface area contributed by atoms with Gasteiger partial charge in [0, 0.05) is 11.6 Å². The van der Waals surface area contributed by atoms with E-state index < -0.39 is 17.8 Å². The predicted octanol–water partition coefficient (Wildman–Crippen LogP) is 4.96. The summed E-state index contributed by atoms with van der Waals surface area (Å²) >= 11 is 8.73. The summed E-state index contributed by atoms with van der Waals surface area (Å²) < 4.78 is 50.3. The Morgan fingerprint density at radius 3 is 2.33 bits per heavy atom. The highest BCUT2D eigenvalue weighted by atomic mass is 79.9. The molecule has 1 aliphatic heterocycles. The first-order valence-electron chi connectivity index (χ1n) is 8.50. The molecule has 0 unspecified atom stereocenters. The van der Waals surface area contributed by atoms with Crippen molar-refractivity contribution in [2.75, 3.05) is 13.2 Å². The van der Waals surface area contributed by atoms with Gasteiger partial charge in [-0.25, -0.2) is 0 Å². The smallest absolute Gasteiger partial charge is 0.432 e. The minimum absolute atomic E-state index is 0.0150. The number of esters is 1. The van der Waals surface area contributed by atoms with Gasteiger partial charge >= 0.3 is 12.1 Å². The van der Waals surface area contributed by atoms with Gasteiger partial charge in [-0.2, -0.15) is 18.4 Å². The Labute approximate surface area is 183 Å². The standard InChI is InChI=1S/C15H11BrClF3N2O.C4H4O3/c1-2-23-8-22-13(9-3-5-10(17)6-4-9)11(7-21)12(16)14(22)15(18,19)20;5-3-1-4(6)7-2-3/h3-6H,2,8H2,1H3;1-2H2. The zero-order valence-electron chi connectivity index (χ0n) is 15.6. The van der Waals surface area contributed by atoms with E-state index in [2.05, 4.69) is 20.7 Å². The summed E-state index contributed by atoms with van der Waals surface area (Å²) in [5.41, 5.74) is -0.467. The lowest BCUT2D eigenvalue weighted by Crippen LogP contribution is -2.16. The fourth-order valence-corrected chi connectivity index (χ4v) is 3.45. The lowest BCUT2D eigenvalue weighted by molar-refractivity contribution is -0.146. The largest absolute Gasteiger partial charge is 0.457 e. The summed E-state index contributed by atoms with van der Waals surface area (Å²) in [5.74, 6) is -0.519. The Morgan fingerprint density at radius 2 is 1.93 bits per heavy atom. The van der Waals surface area contributed by atoms with E-state index in [1.165, 1.54) is 0 Å². The number of ketones is 1. The number of hydrogen-bond donors (Lipinski definition) is 0. The Balaban J connectivity index is 0.000000386. The van der Waals surface area contributed by atoms with Gasteiger partial charge in [0.1, 0.15) is 24.9 Å². The van der Waals surface area contributed by atoms with Crippen LogP contribution in [0.5, 0.6) is 0 Å². The normalized spacial score (nSPS) is 13.5. The van der Waals surface area contributed by atoms with Gasteiger partial charge in [-0.1, -0.05) is 23.7 Å². The fourth-order valence-electron chi connectivity index (χ4n) is 2.61. The number of ether oxygens (including phenoxy) is 2. The maximum atomic E-state index is 13.4. The summed E-state index contributed by atoms with van der Waals surface area (Å²) in [6.45, 7) is 1.59. The first-order valence-corrected chi connectivity index (χ1v) is 9.67. The molecule has 2 aromatic rings. The molecule has 0 amide bonds. The van der Waals surface area contributed by atoms with Crippen molar-refractivity contribution in [3.05, 3.63) is 45.0 Å². The van der Waals surface area contributed by atoms with Crippen LogP contribution in [0.1, 0.15) is 24.6 Å². The Hall–Kier alpha value is -2.35. The van der Waals surface area contributed by atoms with E-state index in [4.69, 9.17) is 16.3 Å². The molecule has 0 bridgehead atoms. The number of rotatable bonds is 4. The number of carbonyl (C=O) groups excluding carboxylic acids is 2. The predicted molar refractivity (Wildman–Crippen MR) is 105 cm³/mol. The van der Waals surface area contributed by atoms with Gasteiger partial charge in [0.15, 0.2) is 12.4 Å². The third-order valence-electron chi connectivity index (χ3n) is 3.86.